The van der Waals surface area contributed by atoms with E-state index in [2.05, 4.69) is 12.2 Å². The number of nitrogens with one attached hydrogen (secondary N) is 1. The van der Waals surface area contributed by atoms with Crippen molar-refractivity contribution in [2.75, 3.05) is 26.7 Å². The first-order valence-electron chi connectivity index (χ1n) is 7.41. The Balaban J connectivity index is 2.06. The van der Waals surface area contributed by atoms with Gasteiger partial charge in [-0.1, -0.05) is 6.92 Å². The van der Waals surface area contributed by atoms with E-state index in [-0.39, 0.29) is 6.10 Å². The third-order valence-electron chi connectivity index (χ3n) is 3.52. The van der Waals surface area contributed by atoms with Crippen LogP contribution in [0, 0.1) is 0 Å². The van der Waals surface area contributed by atoms with Crippen LogP contribution in [0.25, 0.3) is 0 Å². The Morgan fingerprint density at radius 3 is 3.05 bits per heavy atom. The summed E-state index contributed by atoms with van der Waals surface area (Å²) in [5.41, 5.74) is 0. The van der Waals surface area contributed by atoms with Crippen molar-refractivity contribution in [2.45, 2.75) is 43.7 Å². The first-order chi connectivity index (χ1) is 10.1. The summed E-state index contributed by atoms with van der Waals surface area (Å²) in [7, 11) is -1.53. The third kappa shape index (κ3) is 4.26. The van der Waals surface area contributed by atoms with Crippen molar-refractivity contribution in [1.82, 2.24) is 9.62 Å². The average molecular weight is 332 g/mol. The molecular weight excluding hydrogens is 308 g/mol. The molecule has 0 aromatic carbocycles. The van der Waals surface area contributed by atoms with Gasteiger partial charge in [0.15, 0.2) is 0 Å². The average Bonchev–Trinajstić information content (AvgIpc) is 2.95. The fraction of sp³-hybridized carbons (Fsp3) is 0.714. The zero-order valence-electron chi connectivity index (χ0n) is 12.7. The topological polar surface area (TPSA) is 58.6 Å². The van der Waals surface area contributed by atoms with Crippen LogP contribution in [0.4, 0.5) is 0 Å². The largest absolute Gasteiger partial charge is 0.377 e. The Hall–Kier alpha value is -0.470. The van der Waals surface area contributed by atoms with Crippen molar-refractivity contribution in [3.05, 3.63) is 16.3 Å². The Morgan fingerprint density at radius 1 is 1.52 bits per heavy atom. The number of hydrogen-bond donors (Lipinski definition) is 1. The van der Waals surface area contributed by atoms with Crippen LogP contribution >= 0.6 is 11.3 Å². The number of nitrogens with zero attached hydrogens (tertiary/aromatic N) is 1. The molecule has 2 rings (SSSR count). The molecule has 2 heterocycles. The van der Waals surface area contributed by atoms with E-state index in [1.807, 2.05) is 7.05 Å². The van der Waals surface area contributed by atoms with Gasteiger partial charge < -0.3 is 10.1 Å². The fourth-order valence-corrected chi connectivity index (χ4v) is 5.24. The predicted octanol–water partition coefficient (Wildman–Crippen LogP) is 2.05. The van der Waals surface area contributed by atoms with Crippen LogP contribution in [-0.4, -0.2) is 45.6 Å². The molecule has 0 aliphatic carbocycles. The smallest absolute Gasteiger partial charge is 0.243 e. The summed E-state index contributed by atoms with van der Waals surface area (Å²) in [5, 5.41) is 4.78. The number of piperidine rings is 1. The maximum Gasteiger partial charge on any atom is 0.243 e. The van der Waals surface area contributed by atoms with E-state index in [4.69, 9.17) is 4.74 Å². The van der Waals surface area contributed by atoms with Crippen LogP contribution in [0.3, 0.4) is 0 Å². The second-order valence-corrected chi connectivity index (χ2v) is 8.21. The SMILES string of the molecule is CCCOC1CCCN(S(=O)(=O)c2csc(CNC)c2)C1. The van der Waals surface area contributed by atoms with Gasteiger partial charge in [-0.15, -0.1) is 11.3 Å². The van der Waals surface area contributed by atoms with Gasteiger partial charge in [-0.2, -0.15) is 4.31 Å². The molecule has 120 valence electrons. The first-order valence-corrected chi connectivity index (χ1v) is 9.73. The van der Waals surface area contributed by atoms with Crippen LogP contribution in [-0.2, 0) is 21.3 Å². The maximum atomic E-state index is 12.7. The van der Waals surface area contributed by atoms with Gasteiger partial charge in [-0.05, 0) is 32.4 Å². The minimum absolute atomic E-state index is 0.0314. The van der Waals surface area contributed by atoms with Crippen molar-refractivity contribution in [3.63, 3.8) is 0 Å². The molecule has 1 aliphatic heterocycles. The Morgan fingerprint density at radius 2 is 2.33 bits per heavy atom. The number of sulfonamides is 1. The Labute approximate surface area is 131 Å². The molecule has 0 bridgehead atoms. The van der Waals surface area contributed by atoms with E-state index in [0.717, 1.165) is 24.1 Å². The van der Waals surface area contributed by atoms with E-state index in [1.54, 1.807) is 15.8 Å². The lowest BCUT2D eigenvalue weighted by Crippen LogP contribution is -2.43. The van der Waals surface area contributed by atoms with Gasteiger partial charge in [-0.3, -0.25) is 0 Å². The van der Waals surface area contributed by atoms with Gasteiger partial charge in [0.25, 0.3) is 0 Å². The quantitative estimate of drug-likeness (QED) is 0.830. The van der Waals surface area contributed by atoms with Gasteiger partial charge in [0, 0.05) is 36.5 Å². The van der Waals surface area contributed by atoms with Gasteiger partial charge in [0.1, 0.15) is 0 Å². The highest BCUT2D eigenvalue weighted by atomic mass is 32.2. The summed E-state index contributed by atoms with van der Waals surface area (Å²) in [6, 6.07) is 1.77. The molecule has 1 aromatic heterocycles. The molecule has 1 atom stereocenters. The highest BCUT2D eigenvalue weighted by Crippen LogP contribution is 2.26. The fourth-order valence-electron chi connectivity index (χ4n) is 2.46. The molecule has 0 saturated carbocycles. The summed E-state index contributed by atoms with van der Waals surface area (Å²) in [4.78, 5) is 1.45. The lowest BCUT2D eigenvalue weighted by molar-refractivity contribution is 0.0193. The van der Waals surface area contributed by atoms with Crippen LogP contribution in [0.15, 0.2) is 16.3 Å². The molecule has 5 nitrogen and oxygen atoms in total. The Kier molecular flexibility index (Phi) is 6.19. The summed E-state index contributed by atoms with van der Waals surface area (Å²) in [5.74, 6) is 0. The molecule has 0 radical (unpaired) electrons. The highest BCUT2D eigenvalue weighted by Gasteiger charge is 2.31. The maximum absolute atomic E-state index is 12.7. The van der Waals surface area contributed by atoms with E-state index < -0.39 is 10.0 Å². The van der Waals surface area contributed by atoms with Crippen molar-refractivity contribution < 1.29 is 13.2 Å². The van der Waals surface area contributed by atoms with Crippen LogP contribution in [0.5, 0.6) is 0 Å². The standard InChI is InChI=1S/C14H24N2O3S2/c1-3-7-19-12-5-4-6-16(10-12)21(17,18)14-8-13(9-15-2)20-11-14/h8,11-12,15H,3-7,9-10H2,1-2H3. The molecular formula is C14H24N2O3S2. The van der Waals surface area contributed by atoms with Crippen LogP contribution < -0.4 is 5.32 Å². The number of rotatable bonds is 7. The van der Waals surface area contributed by atoms with Gasteiger partial charge in [0.05, 0.1) is 11.0 Å². The summed E-state index contributed by atoms with van der Waals surface area (Å²) in [6.07, 6.45) is 2.80. The number of ether oxygens (including phenoxy) is 1. The molecule has 7 heteroatoms. The predicted molar refractivity (Wildman–Crippen MR) is 85.1 cm³/mol. The van der Waals surface area contributed by atoms with Gasteiger partial charge in [-0.25, -0.2) is 8.42 Å². The number of hydrogen-bond acceptors (Lipinski definition) is 5. The van der Waals surface area contributed by atoms with Crippen molar-refractivity contribution >= 4 is 21.4 Å². The van der Waals surface area contributed by atoms with E-state index >= 15 is 0 Å². The zero-order valence-corrected chi connectivity index (χ0v) is 14.3. The van der Waals surface area contributed by atoms with Gasteiger partial charge >= 0.3 is 0 Å². The molecule has 1 fully saturated rings. The van der Waals surface area contributed by atoms with E-state index in [0.29, 0.717) is 31.1 Å². The lowest BCUT2D eigenvalue weighted by atomic mass is 10.1. The van der Waals surface area contributed by atoms with Crippen LogP contribution in [0.2, 0.25) is 0 Å². The third-order valence-corrected chi connectivity index (χ3v) is 6.45. The zero-order chi connectivity index (χ0) is 15.3. The summed E-state index contributed by atoms with van der Waals surface area (Å²) in [6.45, 7) is 4.52. The number of thiophene rings is 1. The minimum Gasteiger partial charge on any atom is -0.377 e. The Bertz CT molecular complexity index is 542. The highest BCUT2D eigenvalue weighted by molar-refractivity contribution is 7.89. The second kappa shape index (κ2) is 7.69. The van der Waals surface area contributed by atoms with E-state index in [1.165, 1.54) is 11.3 Å². The lowest BCUT2D eigenvalue weighted by Gasteiger charge is -2.31. The molecule has 21 heavy (non-hydrogen) atoms. The van der Waals surface area contributed by atoms with E-state index in [9.17, 15) is 8.42 Å². The van der Waals surface area contributed by atoms with Gasteiger partial charge in [0.2, 0.25) is 10.0 Å². The molecule has 1 aliphatic rings. The molecule has 1 saturated heterocycles. The van der Waals surface area contributed by atoms with Crippen molar-refractivity contribution in [1.29, 1.82) is 0 Å². The minimum atomic E-state index is -3.38. The summed E-state index contributed by atoms with van der Waals surface area (Å²) < 4.78 is 32.7. The molecule has 0 amide bonds. The van der Waals surface area contributed by atoms with Crippen molar-refractivity contribution in [3.8, 4) is 0 Å². The molecule has 1 N–H and O–H groups in total. The monoisotopic (exact) mass is 332 g/mol. The normalized spacial score (nSPS) is 20.8. The second-order valence-electron chi connectivity index (χ2n) is 5.28. The van der Waals surface area contributed by atoms with Crippen molar-refractivity contribution in [2.24, 2.45) is 0 Å². The first kappa shape index (κ1) is 16.9. The van der Waals surface area contributed by atoms with Crippen LogP contribution in [0.1, 0.15) is 31.1 Å². The molecule has 1 aromatic rings. The molecule has 0 spiro atoms. The summed E-state index contributed by atoms with van der Waals surface area (Å²) >= 11 is 1.48. The molecule has 1 unspecified atom stereocenters.